The zero-order valence-electron chi connectivity index (χ0n) is 15.3. The van der Waals surface area contributed by atoms with Crippen LogP contribution in [0.15, 0.2) is 42.2 Å². The van der Waals surface area contributed by atoms with E-state index in [0.717, 1.165) is 17.5 Å². The van der Waals surface area contributed by atoms with Crippen molar-refractivity contribution in [2.45, 2.75) is 32.8 Å². The fraction of sp³-hybridized carbons (Fsp3) is 0.273. The van der Waals surface area contributed by atoms with Gasteiger partial charge < -0.3 is 14.2 Å². The number of fused-ring (bicyclic) bond motifs is 1. The Kier molecular flexibility index (Phi) is 4.54. The molecule has 2 aromatic carbocycles. The Hall–Kier alpha value is -2.92. The van der Waals surface area contributed by atoms with E-state index in [1.165, 1.54) is 0 Å². The summed E-state index contributed by atoms with van der Waals surface area (Å²) in [6, 6.07) is 11.1. The monoisotopic (exact) mass is 364 g/mol. The summed E-state index contributed by atoms with van der Waals surface area (Å²) >= 11 is 0. The summed E-state index contributed by atoms with van der Waals surface area (Å²) in [4.78, 5) is 24.9. The number of benzene rings is 2. The maximum Gasteiger partial charge on any atom is 0.340 e. The molecular weight excluding hydrogens is 344 g/mol. The molecule has 0 aliphatic carbocycles. The summed E-state index contributed by atoms with van der Waals surface area (Å²) in [6.45, 7) is 4.35. The number of hydrogen-bond acceptors (Lipinski definition) is 5. The van der Waals surface area contributed by atoms with Gasteiger partial charge in [-0.25, -0.2) is 4.79 Å². The molecule has 2 aliphatic rings. The second kappa shape index (κ2) is 7.00. The summed E-state index contributed by atoms with van der Waals surface area (Å²) in [5.74, 6) is 0.513. The lowest BCUT2D eigenvalue weighted by Gasteiger charge is -2.12. The van der Waals surface area contributed by atoms with Crippen LogP contribution in [0, 0.1) is 13.8 Å². The molecule has 1 fully saturated rings. The van der Waals surface area contributed by atoms with Gasteiger partial charge in [0.25, 0.3) is 0 Å². The Morgan fingerprint density at radius 3 is 2.81 bits per heavy atom. The topological polar surface area (TPSA) is 61.8 Å². The molecule has 1 saturated heterocycles. The fourth-order valence-electron chi connectivity index (χ4n) is 3.33. The summed E-state index contributed by atoms with van der Waals surface area (Å²) in [5, 5.41) is 0. The van der Waals surface area contributed by atoms with Crippen molar-refractivity contribution < 1.29 is 23.8 Å². The lowest BCUT2D eigenvalue weighted by atomic mass is 10.1. The molecule has 138 valence electrons. The lowest BCUT2D eigenvalue weighted by molar-refractivity contribution is -0.144. The molecule has 1 atom stereocenters. The quantitative estimate of drug-likeness (QED) is 0.468. The van der Waals surface area contributed by atoms with E-state index in [1.54, 1.807) is 25.1 Å². The number of hydrogen-bond donors (Lipinski definition) is 0. The Morgan fingerprint density at radius 2 is 2.07 bits per heavy atom. The van der Waals surface area contributed by atoms with Crippen molar-refractivity contribution in [3.05, 3.63) is 64.4 Å². The Labute approximate surface area is 157 Å². The minimum Gasteiger partial charge on any atom is -0.452 e. The van der Waals surface area contributed by atoms with Crippen LogP contribution in [0.1, 0.15) is 39.9 Å². The molecule has 4 rings (SSSR count). The van der Waals surface area contributed by atoms with Crippen molar-refractivity contribution in [3.63, 3.8) is 0 Å². The normalized spacial score (nSPS) is 19.9. The molecule has 0 saturated carbocycles. The number of ketones is 1. The molecule has 5 heteroatoms. The Balaban J connectivity index is 1.60. The van der Waals surface area contributed by atoms with Crippen LogP contribution in [0.4, 0.5) is 0 Å². The van der Waals surface area contributed by atoms with Gasteiger partial charge in [-0.15, -0.1) is 0 Å². The minimum atomic E-state index is -0.517. The van der Waals surface area contributed by atoms with Gasteiger partial charge >= 0.3 is 5.97 Å². The second-order valence-electron chi connectivity index (χ2n) is 6.84. The molecule has 1 unspecified atom stereocenters. The van der Waals surface area contributed by atoms with Crippen molar-refractivity contribution >= 4 is 17.8 Å². The first-order valence-electron chi connectivity index (χ1n) is 9.01. The van der Waals surface area contributed by atoms with E-state index in [-0.39, 0.29) is 11.5 Å². The van der Waals surface area contributed by atoms with E-state index in [2.05, 4.69) is 0 Å². The third kappa shape index (κ3) is 3.38. The number of carbonyl (C=O) groups is 2. The summed E-state index contributed by atoms with van der Waals surface area (Å²) in [6.07, 6.45) is 2.73. The maximum absolute atomic E-state index is 12.7. The van der Waals surface area contributed by atoms with Gasteiger partial charge in [0, 0.05) is 12.2 Å². The average molecular weight is 364 g/mol. The van der Waals surface area contributed by atoms with Crippen LogP contribution in [-0.4, -0.2) is 24.5 Å². The second-order valence-corrected chi connectivity index (χ2v) is 6.84. The third-order valence-corrected chi connectivity index (χ3v) is 4.78. The van der Waals surface area contributed by atoms with Crippen molar-refractivity contribution in [2.75, 3.05) is 6.61 Å². The summed E-state index contributed by atoms with van der Waals surface area (Å²) in [5.41, 5.74) is 3.10. The predicted molar refractivity (Wildman–Crippen MR) is 99.9 cm³/mol. The molecule has 27 heavy (non-hydrogen) atoms. The van der Waals surface area contributed by atoms with E-state index >= 15 is 0 Å². The summed E-state index contributed by atoms with van der Waals surface area (Å²) in [7, 11) is 0. The van der Waals surface area contributed by atoms with Gasteiger partial charge in [0.1, 0.15) is 11.5 Å². The number of carbonyl (C=O) groups excluding carboxylic acids is 2. The van der Waals surface area contributed by atoms with Crippen LogP contribution < -0.4 is 9.47 Å². The third-order valence-electron chi connectivity index (χ3n) is 4.78. The molecule has 0 N–H and O–H groups in total. The van der Waals surface area contributed by atoms with Gasteiger partial charge in [-0.2, -0.15) is 0 Å². The molecule has 5 nitrogen and oxygen atoms in total. The molecule has 0 spiro atoms. The first-order valence-corrected chi connectivity index (χ1v) is 9.01. The Bertz CT molecular complexity index is 951. The minimum absolute atomic E-state index is 0.174. The van der Waals surface area contributed by atoms with E-state index in [1.807, 2.05) is 31.2 Å². The predicted octanol–water partition coefficient (Wildman–Crippen LogP) is 4.00. The van der Waals surface area contributed by atoms with E-state index < -0.39 is 12.1 Å². The molecular formula is C22H20O5. The van der Waals surface area contributed by atoms with Crippen molar-refractivity contribution in [1.82, 2.24) is 0 Å². The van der Waals surface area contributed by atoms with Crippen LogP contribution >= 0.6 is 0 Å². The van der Waals surface area contributed by atoms with E-state index in [9.17, 15) is 9.59 Å². The highest BCUT2D eigenvalue weighted by Crippen LogP contribution is 2.39. The number of Topliss-reactive ketones (excluding diaryl/α,β-unsaturated/α-hetero) is 1. The molecule has 0 amide bonds. The highest BCUT2D eigenvalue weighted by Gasteiger charge is 2.32. The van der Waals surface area contributed by atoms with Gasteiger partial charge in [-0.3, -0.25) is 4.79 Å². The molecule has 0 aromatic heterocycles. The van der Waals surface area contributed by atoms with E-state index in [4.69, 9.17) is 14.2 Å². The number of ether oxygens (including phenoxy) is 3. The highest BCUT2D eigenvalue weighted by atomic mass is 16.6. The van der Waals surface area contributed by atoms with E-state index in [0.29, 0.717) is 35.7 Å². The average Bonchev–Trinajstić information content (AvgIpc) is 3.28. The van der Waals surface area contributed by atoms with Crippen LogP contribution in [0.3, 0.4) is 0 Å². The maximum atomic E-state index is 12.7. The van der Waals surface area contributed by atoms with Crippen LogP contribution in [0.25, 0.3) is 6.08 Å². The Morgan fingerprint density at radius 1 is 1.22 bits per heavy atom. The van der Waals surface area contributed by atoms with Gasteiger partial charge in [-0.1, -0.05) is 29.8 Å². The van der Waals surface area contributed by atoms with Gasteiger partial charge in [0.2, 0.25) is 5.78 Å². The van der Waals surface area contributed by atoms with Crippen LogP contribution in [0.5, 0.6) is 11.5 Å². The molecule has 0 radical (unpaired) electrons. The smallest absolute Gasteiger partial charge is 0.340 e. The largest absolute Gasteiger partial charge is 0.452 e. The highest BCUT2D eigenvalue weighted by molar-refractivity contribution is 6.15. The standard InChI is InChI=1S/C22H20O5/c1-13-5-3-6-15(11-13)12-19-20(23)16-8-9-17(14(2)21(16)26-19)27-22(24)18-7-4-10-25-18/h3,5-6,8-9,11-12,18H,4,7,10H2,1-2H3/b19-12-. The van der Waals surface area contributed by atoms with Gasteiger partial charge in [-0.05, 0) is 50.5 Å². The van der Waals surface area contributed by atoms with Crippen LogP contribution in [-0.2, 0) is 9.53 Å². The first-order chi connectivity index (χ1) is 13.0. The number of rotatable bonds is 3. The number of allylic oxidation sites excluding steroid dienone is 1. The fourth-order valence-corrected chi connectivity index (χ4v) is 3.33. The zero-order chi connectivity index (χ0) is 19.0. The number of aryl methyl sites for hydroxylation is 1. The number of esters is 1. The van der Waals surface area contributed by atoms with Crippen molar-refractivity contribution in [1.29, 1.82) is 0 Å². The first kappa shape index (κ1) is 17.5. The SMILES string of the molecule is Cc1cccc(/C=C2\Oc3c(ccc(OC(=O)C4CCCO4)c3C)C2=O)c1. The van der Waals surface area contributed by atoms with Crippen molar-refractivity contribution in [3.8, 4) is 11.5 Å². The lowest BCUT2D eigenvalue weighted by Crippen LogP contribution is -2.25. The van der Waals surface area contributed by atoms with Crippen LogP contribution in [0.2, 0.25) is 0 Å². The zero-order valence-corrected chi connectivity index (χ0v) is 15.3. The van der Waals surface area contributed by atoms with Gasteiger partial charge in [0.15, 0.2) is 11.9 Å². The summed E-state index contributed by atoms with van der Waals surface area (Å²) < 4.78 is 16.7. The molecule has 2 aliphatic heterocycles. The molecule has 0 bridgehead atoms. The van der Waals surface area contributed by atoms with Crippen molar-refractivity contribution in [2.24, 2.45) is 0 Å². The molecule has 2 heterocycles. The molecule has 2 aromatic rings. The van der Waals surface area contributed by atoms with Gasteiger partial charge in [0.05, 0.1) is 5.56 Å².